The number of nitrogens with zero attached hydrogens (tertiary/aromatic N) is 8. The molecule has 0 unspecified atom stereocenters. The van der Waals surface area contributed by atoms with Gasteiger partial charge in [-0.2, -0.15) is 31.3 Å². The fraction of sp³-hybridized carbons (Fsp3) is 0.286. The van der Waals surface area contributed by atoms with Crippen molar-refractivity contribution in [1.82, 2.24) is 34.3 Å². The quantitative estimate of drug-likeness (QED) is 0.340. The third kappa shape index (κ3) is 4.82. The van der Waals surface area contributed by atoms with E-state index in [9.17, 15) is 35.1 Å². The van der Waals surface area contributed by atoms with E-state index in [-0.39, 0.29) is 34.7 Å². The molecule has 4 heterocycles. The molecule has 3 aromatic heterocycles. The largest absolute Gasteiger partial charge is 0.391 e. The molecule has 1 atom stereocenters. The van der Waals surface area contributed by atoms with Gasteiger partial charge in [0.15, 0.2) is 11.6 Å². The van der Waals surface area contributed by atoms with Gasteiger partial charge in [0.1, 0.15) is 29.5 Å². The summed E-state index contributed by atoms with van der Waals surface area (Å²) in [5, 5.41) is 7.33. The van der Waals surface area contributed by atoms with Gasteiger partial charge in [-0.1, -0.05) is 0 Å². The Bertz CT molecular complexity index is 1440. The number of rotatable bonds is 5. The SMILES string of the molecule is Fc1ccc(-c2nccn2-c2ncc3c(n2)N(CCC(F)(F)F)[C@@H](CC(F)(F)F)c2nncn2-3)c(F)c1. The number of imidazole rings is 1. The van der Waals surface area contributed by atoms with E-state index in [1.165, 1.54) is 27.7 Å². The molecule has 5 rings (SSSR count). The number of alkyl halides is 6. The molecule has 194 valence electrons. The molecule has 37 heavy (non-hydrogen) atoms. The van der Waals surface area contributed by atoms with Crippen molar-refractivity contribution in [3.8, 4) is 23.0 Å². The minimum Gasteiger partial charge on any atom is -0.344 e. The molecule has 0 fully saturated rings. The summed E-state index contributed by atoms with van der Waals surface area (Å²) in [6.45, 7) is -0.857. The highest BCUT2D eigenvalue weighted by atomic mass is 19.4. The van der Waals surface area contributed by atoms with Gasteiger partial charge in [0.05, 0.1) is 30.6 Å². The fourth-order valence-corrected chi connectivity index (χ4v) is 4.06. The molecule has 0 N–H and O–H groups in total. The molecule has 4 aromatic rings. The Kier molecular flexibility index (Phi) is 5.83. The van der Waals surface area contributed by atoms with Gasteiger partial charge in [-0.25, -0.2) is 18.7 Å². The Balaban J connectivity index is 1.64. The second-order valence-corrected chi connectivity index (χ2v) is 8.08. The lowest BCUT2D eigenvalue weighted by Crippen LogP contribution is -2.40. The van der Waals surface area contributed by atoms with Gasteiger partial charge in [-0.3, -0.25) is 9.13 Å². The molecule has 0 bridgehead atoms. The number of halogens is 8. The van der Waals surface area contributed by atoms with Crippen LogP contribution in [0.25, 0.3) is 23.0 Å². The first-order valence-corrected chi connectivity index (χ1v) is 10.6. The average Bonchev–Trinajstić information content (AvgIpc) is 3.47. The van der Waals surface area contributed by atoms with Gasteiger partial charge in [-0.15, -0.1) is 10.2 Å². The number of anilines is 1. The smallest absolute Gasteiger partial charge is 0.344 e. The van der Waals surface area contributed by atoms with E-state index >= 15 is 0 Å². The van der Waals surface area contributed by atoms with Crippen molar-refractivity contribution in [2.75, 3.05) is 11.4 Å². The molecule has 8 nitrogen and oxygen atoms in total. The van der Waals surface area contributed by atoms with Gasteiger partial charge in [-0.05, 0) is 12.1 Å². The molecular formula is C21H14F8N8. The molecule has 0 amide bonds. The third-order valence-electron chi connectivity index (χ3n) is 5.61. The van der Waals surface area contributed by atoms with Gasteiger partial charge >= 0.3 is 12.4 Å². The third-order valence-corrected chi connectivity index (χ3v) is 5.61. The highest BCUT2D eigenvalue weighted by Crippen LogP contribution is 2.42. The van der Waals surface area contributed by atoms with Crippen LogP contribution in [0.2, 0.25) is 0 Å². The van der Waals surface area contributed by atoms with E-state index in [1.807, 2.05) is 0 Å². The number of aromatic nitrogens is 7. The van der Waals surface area contributed by atoms with E-state index < -0.39 is 49.4 Å². The maximum absolute atomic E-state index is 14.4. The van der Waals surface area contributed by atoms with Crippen LogP contribution in [-0.2, 0) is 0 Å². The summed E-state index contributed by atoms with van der Waals surface area (Å²) >= 11 is 0. The van der Waals surface area contributed by atoms with E-state index in [2.05, 4.69) is 25.1 Å². The summed E-state index contributed by atoms with van der Waals surface area (Å²) in [4.78, 5) is 13.3. The Morgan fingerprint density at radius 2 is 1.73 bits per heavy atom. The number of benzene rings is 1. The van der Waals surface area contributed by atoms with Crippen LogP contribution in [0.3, 0.4) is 0 Å². The number of hydrogen-bond acceptors (Lipinski definition) is 6. The van der Waals surface area contributed by atoms with E-state index in [0.717, 1.165) is 23.4 Å². The Morgan fingerprint density at radius 1 is 0.946 bits per heavy atom. The minimum absolute atomic E-state index is 0.0546. The molecule has 1 aromatic carbocycles. The zero-order valence-corrected chi connectivity index (χ0v) is 18.3. The standard InChI is InChI=1S/C21H14F8N8/c22-11-1-2-12(13(23)7-11)16-30-4-6-36(16)19-31-9-15-17(33-19)35(5-3-20(24,25)26)14(8-21(27,28)29)18-34-32-10-37(15)18/h1-2,4,6-7,9-10,14H,3,5,8H2/t14-/m0/s1. The maximum Gasteiger partial charge on any atom is 0.391 e. The van der Waals surface area contributed by atoms with Crippen LogP contribution in [0.1, 0.15) is 24.7 Å². The van der Waals surface area contributed by atoms with Gasteiger partial charge in [0.25, 0.3) is 0 Å². The lowest BCUT2D eigenvalue weighted by Gasteiger charge is -2.37. The topological polar surface area (TPSA) is 77.6 Å². The van der Waals surface area contributed by atoms with Crippen molar-refractivity contribution in [2.45, 2.75) is 31.2 Å². The molecule has 0 radical (unpaired) electrons. The predicted molar refractivity (Wildman–Crippen MR) is 111 cm³/mol. The number of hydrogen-bond donors (Lipinski definition) is 0. The fourth-order valence-electron chi connectivity index (χ4n) is 4.06. The first kappa shape index (κ1) is 24.6. The van der Waals surface area contributed by atoms with Gasteiger partial charge in [0, 0.05) is 25.0 Å². The molecule has 1 aliphatic heterocycles. The zero-order chi connectivity index (χ0) is 26.5. The van der Waals surface area contributed by atoms with E-state index in [0.29, 0.717) is 6.07 Å². The number of fused-ring (bicyclic) bond motifs is 3. The maximum atomic E-state index is 14.4. The van der Waals surface area contributed by atoms with Gasteiger partial charge in [0.2, 0.25) is 5.95 Å². The molecule has 0 saturated heterocycles. The molecule has 16 heteroatoms. The normalized spacial score (nSPS) is 15.6. The van der Waals surface area contributed by atoms with Crippen LogP contribution in [-0.4, -0.2) is 53.2 Å². The molecular weight excluding hydrogens is 516 g/mol. The van der Waals surface area contributed by atoms with Crippen LogP contribution in [0, 0.1) is 11.6 Å². The predicted octanol–water partition coefficient (Wildman–Crippen LogP) is 4.95. The van der Waals surface area contributed by atoms with Crippen LogP contribution in [0.4, 0.5) is 40.9 Å². The summed E-state index contributed by atoms with van der Waals surface area (Å²) in [5.41, 5.74) is -0.0725. The monoisotopic (exact) mass is 530 g/mol. The van der Waals surface area contributed by atoms with Crippen molar-refractivity contribution >= 4 is 5.82 Å². The summed E-state index contributed by atoms with van der Waals surface area (Å²) in [7, 11) is 0. The second-order valence-electron chi connectivity index (χ2n) is 8.08. The van der Waals surface area contributed by atoms with Crippen LogP contribution >= 0.6 is 0 Å². The van der Waals surface area contributed by atoms with Crippen LogP contribution in [0.15, 0.2) is 43.1 Å². The molecule has 1 aliphatic rings. The van der Waals surface area contributed by atoms with Crippen molar-refractivity contribution in [3.05, 3.63) is 60.6 Å². The average molecular weight is 530 g/mol. The summed E-state index contributed by atoms with van der Waals surface area (Å²) in [6, 6.07) is 1.10. The first-order chi connectivity index (χ1) is 17.4. The van der Waals surface area contributed by atoms with Crippen molar-refractivity contribution < 1.29 is 35.1 Å². The van der Waals surface area contributed by atoms with E-state index in [4.69, 9.17) is 0 Å². The highest BCUT2D eigenvalue weighted by Gasteiger charge is 2.43. The lowest BCUT2D eigenvalue weighted by atomic mass is 10.1. The van der Waals surface area contributed by atoms with Gasteiger partial charge < -0.3 is 4.90 Å². The second kappa shape index (κ2) is 8.77. The summed E-state index contributed by atoms with van der Waals surface area (Å²) < 4.78 is 110. The Morgan fingerprint density at radius 3 is 2.43 bits per heavy atom. The molecule has 0 spiro atoms. The van der Waals surface area contributed by atoms with Crippen LogP contribution < -0.4 is 4.90 Å². The van der Waals surface area contributed by atoms with E-state index in [1.54, 1.807) is 0 Å². The minimum atomic E-state index is -4.75. The zero-order valence-electron chi connectivity index (χ0n) is 18.3. The Hall–Kier alpha value is -4.11. The van der Waals surface area contributed by atoms with Crippen molar-refractivity contribution in [1.29, 1.82) is 0 Å². The van der Waals surface area contributed by atoms with Crippen molar-refractivity contribution in [3.63, 3.8) is 0 Å². The molecule has 0 saturated carbocycles. The molecule has 0 aliphatic carbocycles. The Labute approximate surface area is 202 Å². The summed E-state index contributed by atoms with van der Waals surface area (Å²) in [6.07, 6.45) is -7.49. The first-order valence-electron chi connectivity index (χ1n) is 10.6. The summed E-state index contributed by atoms with van der Waals surface area (Å²) in [5.74, 6) is -2.52. The lowest BCUT2D eigenvalue weighted by molar-refractivity contribution is -0.141. The van der Waals surface area contributed by atoms with Crippen molar-refractivity contribution in [2.24, 2.45) is 0 Å². The highest BCUT2D eigenvalue weighted by molar-refractivity contribution is 5.63. The van der Waals surface area contributed by atoms with Crippen LogP contribution in [0.5, 0.6) is 0 Å².